The van der Waals surface area contributed by atoms with Gasteiger partial charge in [0.25, 0.3) is 0 Å². The van der Waals surface area contributed by atoms with Gasteiger partial charge in [-0.25, -0.2) is 0 Å². The first-order valence-corrected chi connectivity index (χ1v) is 5.95. The molecule has 0 radical (unpaired) electrons. The zero-order valence-electron chi connectivity index (χ0n) is 9.90. The van der Waals surface area contributed by atoms with Gasteiger partial charge in [-0.15, -0.1) is 0 Å². The molecule has 0 fully saturated rings. The number of benzene rings is 1. The molecule has 0 aliphatic rings. The Morgan fingerprint density at radius 1 is 1.29 bits per heavy atom. The second-order valence-corrected chi connectivity index (χ2v) is 3.96. The zero-order chi connectivity index (χ0) is 12.8. The number of hydrogen-bond acceptors (Lipinski definition) is 3. The highest BCUT2D eigenvalue weighted by atomic mass is 35.5. The van der Waals surface area contributed by atoms with E-state index < -0.39 is 11.9 Å². The van der Waals surface area contributed by atoms with Gasteiger partial charge in [0.15, 0.2) is 5.78 Å². The van der Waals surface area contributed by atoms with E-state index in [0.29, 0.717) is 17.0 Å². The third-order valence-corrected chi connectivity index (χ3v) is 2.76. The Morgan fingerprint density at radius 2 is 1.94 bits per heavy atom. The average Bonchev–Trinajstić information content (AvgIpc) is 2.30. The van der Waals surface area contributed by atoms with E-state index in [1.54, 1.807) is 38.1 Å². The number of Topliss-reactive ketones (excluding diaryl/α,β-unsaturated/α-hetero) is 1. The Kier molecular flexibility index (Phi) is 5.16. The maximum atomic E-state index is 12.1. The van der Waals surface area contributed by atoms with Gasteiger partial charge in [-0.1, -0.05) is 30.7 Å². The fraction of sp³-hybridized carbons (Fsp3) is 0.385. The number of halogens is 1. The minimum atomic E-state index is -0.769. The second kappa shape index (κ2) is 6.40. The summed E-state index contributed by atoms with van der Waals surface area (Å²) in [5.74, 6) is -1.54. The summed E-state index contributed by atoms with van der Waals surface area (Å²) < 4.78 is 4.87. The van der Waals surface area contributed by atoms with Gasteiger partial charge in [-0.3, -0.25) is 9.59 Å². The molecular formula is C13H15ClO3. The van der Waals surface area contributed by atoms with Crippen LogP contribution in [0.5, 0.6) is 0 Å². The molecule has 17 heavy (non-hydrogen) atoms. The van der Waals surface area contributed by atoms with Crippen molar-refractivity contribution in [3.8, 4) is 0 Å². The normalized spacial score (nSPS) is 11.9. The molecule has 1 rings (SSSR count). The smallest absolute Gasteiger partial charge is 0.316 e. The lowest BCUT2D eigenvalue weighted by molar-refractivity contribution is -0.146. The molecule has 0 spiro atoms. The standard InChI is InChI=1S/C13H15ClO3/c1-3-9(13(16)17-4-2)12(15)10-7-5-6-8-11(10)14/h5-9H,3-4H2,1-2H3. The van der Waals surface area contributed by atoms with Gasteiger partial charge in [0.1, 0.15) is 5.92 Å². The molecule has 0 amide bonds. The van der Waals surface area contributed by atoms with Crippen LogP contribution in [0.15, 0.2) is 24.3 Å². The minimum absolute atomic E-state index is 0.269. The van der Waals surface area contributed by atoms with Gasteiger partial charge in [0.05, 0.1) is 11.6 Å². The van der Waals surface area contributed by atoms with Crippen LogP contribution in [-0.2, 0) is 9.53 Å². The number of ether oxygens (including phenoxy) is 1. The summed E-state index contributed by atoms with van der Waals surface area (Å²) in [5.41, 5.74) is 0.370. The first-order chi connectivity index (χ1) is 8.11. The number of carbonyl (C=O) groups is 2. The molecule has 0 heterocycles. The topological polar surface area (TPSA) is 43.4 Å². The molecule has 1 atom stereocenters. The summed E-state index contributed by atoms with van der Waals surface area (Å²) >= 11 is 5.93. The van der Waals surface area contributed by atoms with E-state index in [4.69, 9.17) is 16.3 Å². The summed E-state index contributed by atoms with van der Waals surface area (Å²) in [7, 11) is 0. The number of esters is 1. The van der Waals surface area contributed by atoms with Gasteiger partial charge in [-0.05, 0) is 25.5 Å². The number of rotatable bonds is 5. The lowest BCUT2D eigenvalue weighted by atomic mass is 9.95. The number of carbonyl (C=O) groups excluding carboxylic acids is 2. The van der Waals surface area contributed by atoms with E-state index in [1.165, 1.54) is 0 Å². The highest BCUT2D eigenvalue weighted by Crippen LogP contribution is 2.21. The fourth-order valence-electron chi connectivity index (χ4n) is 1.55. The van der Waals surface area contributed by atoms with Gasteiger partial charge in [0.2, 0.25) is 0 Å². The SMILES string of the molecule is CCOC(=O)C(CC)C(=O)c1ccccc1Cl. The van der Waals surface area contributed by atoms with E-state index in [-0.39, 0.29) is 12.4 Å². The van der Waals surface area contributed by atoms with Crippen molar-refractivity contribution >= 4 is 23.4 Å². The summed E-state index contributed by atoms with van der Waals surface area (Å²) in [6.45, 7) is 3.76. The van der Waals surface area contributed by atoms with Crippen molar-refractivity contribution in [3.63, 3.8) is 0 Å². The van der Waals surface area contributed by atoms with Gasteiger partial charge >= 0.3 is 5.97 Å². The van der Waals surface area contributed by atoms with Crippen molar-refractivity contribution in [2.75, 3.05) is 6.61 Å². The summed E-state index contributed by atoms with van der Waals surface area (Å²) in [6, 6.07) is 6.71. The summed E-state index contributed by atoms with van der Waals surface area (Å²) in [5, 5.41) is 0.361. The molecule has 1 unspecified atom stereocenters. The maximum Gasteiger partial charge on any atom is 0.316 e. The second-order valence-electron chi connectivity index (χ2n) is 3.56. The largest absolute Gasteiger partial charge is 0.465 e. The molecule has 0 N–H and O–H groups in total. The summed E-state index contributed by atoms with van der Waals surface area (Å²) in [6.07, 6.45) is 0.406. The predicted octanol–water partition coefficient (Wildman–Crippen LogP) is 3.11. The van der Waals surface area contributed by atoms with Crippen LogP contribution in [0, 0.1) is 5.92 Å². The minimum Gasteiger partial charge on any atom is -0.465 e. The molecule has 4 heteroatoms. The maximum absolute atomic E-state index is 12.1. The fourth-order valence-corrected chi connectivity index (χ4v) is 1.78. The van der Waals surface area contributed by atoms with Crippen LogP contribution in [0.2, 0.25) is 5.02 Å². The van der Waals surface area contributed by atoms with Crippen LogP contribution in [0.4, 0.5) is 0 Å². The van der Waals surface area contributed by atoms with Crippen LogP contribution >= 0.6 is 11.6 Å². The molecule has 1 aromatic rings. The average molecular weight is 255 g/mol. The molecular weight excluding hydrogens is 240 g/mol. The van der Waals surface area contributed by atoms with Crippen molar-refractivity contribution in [1.82, 2.24) is 0 Å². The number of ketones is 1. The molecule has 3 nitrogen and oxygen atoms in total. The van der Waals surface area contributed by atoms with Crippen molar-refractivity contribution in [2.24, 2.45) is 5.92 Å². The molecule has 0 aromatic heterocycles. The van der Waals surface area contributed by atoms with E-state index in [9.17, 15) is 9.59 Å². The molecule has 1 aromatic carbocycles. The Balaban J connectivity index is 2.94. The molecule has 0 saturated carbocycles. The van der Waals surface area contributed by atoms with Gasteiger partial charge in [-0.2, -0.15) is 0 Å². The third-order valence-electron chi connectivity index (χ3n) is 2.44. The van der Waals surface area contributed by atoms with Crippen LogP contribution in [0.1, 0.15) is 30.6 Å². The van der Waals surface area contributed by atoms with Crippen molar-refractivity contribution in [2.45, 2.75) is 20.3 Å². The van der Waals surface area contributed by atoms with Crippen molar-refractivity contribution in [3.05, 3.63) is 34.9 Å². The van der Waals surface area contributed by atoms with Crippen molar-refractivity contribution < 1.29 is 14.3 Å². The van der Waals surface area contributed by atoms with Gasteiger partial charge < -0.3 is 4.74 Å². The van der Waals surface area contributed by atoms with Crippen LogP contribution in [0.25, 0.3) is 0 Å². The van der Waals surface area contributed by atoms with Crippen molar-refractivity contribution in [1.29, 1.82) is 0 Å². The lowest BCUT2D eigenvalue weighted by Gasteiger charge is -2.13. The third kappa shape index (κ3) is 3.30. The quantitative estimate of drug-likeness (QED) is 0.461. The highest BCUT2D eigenvalue weighted by Gasteiger charge is 2.28. The molecule has 0 bridgehead atoms. The Labute approximate surface area is 106 Å². The molecule has 0 aliphatic heterocycles. The Morgan fingerprint density at radius 3 is 2.47 bits per heavy atom. The van der Waals surface area contributed by atoms with E-state index >= 15 is 0 Å². The van der Waals surface area contributed by atoms with Crippen LogP contribution < -0.4 is 0 Å². The monoisotopic (exact) mass is 254 g/mol. The van der Waals surface area contributed by atoms with Gasteiger partial charge in [0, 0.05) is 5.56 Å². The lowest BCUT2D eigenvalue weighted by Crippen LogP contribution is -2.26. The molecule has 92 valence electrons. The van der Waals surface area contributed by atoms with Crippen LogP contribution in [-0.4, -0.2) is 18.4 Å². The molecule has 0 aliphatic carbocycles. The molecule has 0 saturated heterocycles. The highest BCUT2D eigenvalue weighted by molar-refractivity contribution is 6.34. The number of hydrogen-bond donors (Lipinski definition) is 0. The van der Waals surface area contributed by atoms with E-state index in [0.717, 1.165) is 0 Å². The Hall–Kier alpha value is -1.35. The zero-order valence-corrected chi connectivity index (χ0v) is 10.7. The van der Waals surface area contributed by atoms with E-state index in [1.807, 2.05) is 0 Å². The first-order valence-electron chi connectivity index (χ1n) is 5.57. The Bertz CT molecular complexity index is 415. The first kappa shape index (κ1) is 13.7. The van der Waals surface area contributed by atoms with E-state index in [2.05, 4.69) is 0 Å². The van der Waals surface area contributed by atoms with Crippen LogP contribution in [0.3, 0.4) is 0 Å². The predicted molar refractivity (Wildman–Crippen MR) is 66.2 cm³/mol. The summed E-state index contributed by atoms with van der Waals surface area (Å²) in [4.78, 5) is 23.7.